The molecule has 13 nitrogen and oxygen atoms in total. The number of aromatic hydroxyl groups is 3. The van der Waals surface area contributed by atoms with Gasteiger partial charge in [0.05, 0.1) is 11.1 Å². The van der Waals surface area contributed by atoms with Gasteiger partial charge in [0, 0.05) is 24.8 Å². The number of aliphatic hydroxyl groups excluding tert-OH is 1. The molecule has 4 aromatic rings. The second kappa shape index (κ2) is 20.3. The largest absolute Gasteiger partial charge is 0.508 e. The van der Waals surface area contributed by atoms with Gasteiger partial charge in [-0.15, -0.1) is 0 Å². The molecule has 0 bridgehead atoms. The van der Waals surface area contributed by atoms with Gasteiger partial charge >= 0.3 is 11.9 Å². The normalized spacial score (nSPS) is 11.9. The minimum absolute atomic E-state index is 0.0456. The van der Waals surface area contributed by atoms with Crippen molar-refractivity contribution in [3.63, 3.8) is 0 Å². The van der Waals surface area contributed by atoms with Crippen LogP contribution in [-0.4, -0.2) is 76.8 Å². The highest BCUT2D eigenvalue weighted by molar-refractivity contribution is 5.75. The zero-order valence-corrected chi connectivity index (χ0v) is 29.2. The molecule has 2 atom stereocenters. The van der Waals surface area contributed by atoms with Crippen molar-refractivity contribution in [1.29, 1.82) is 0 Å². The first kappa shape index (κ1) is 40.0. The van der Waals surface area contributed by atoms with Crippen LogP contribution in [0.1, 0.15) is 78.1 Å². The van der Waals surface area contributed by atoms with Crippen LogP contribution in [0.25, 0.3) is 34.2 Å². The standard InChI is InChI=1S/C37H43N3O9.CH4O/c1-3-5-7-9-11-31(36(44)45)48-25-16-13-23(14-17-25)33-38-34(27-19-15-24(41)21-29(27)42)40-35(39-33)28-20-18-26(22-30(28)43)49-32(37(46)47)12-10-8-6-4-2;1-2/h13-22,31-32,41-43H,3-12H2,1-2H3,(H,44,45)(H,46,47);2H,1H3. The van der Waals surface area contributed by atoms with Crippen molar-refractivity contribution in [2.45, 2.75) is 90.3 Å². The number of hydrogen-bond acceptors (Lipinski definition) is 11. The van der Waals surface area contributed by atoms with E-state index in [1.807, 2.05) is 0 Å². The number of nitrogens with zero attached hydrogens (tertiary/aromatic N) is 3. The van der Waals surface area contributed by atoms with Gasteiger partial charge in [-0.3, -0.25) is 0 Å². The summed E-state index contributed by atoms with van der Waals surface area (Å²) in [5, 5.41) is 57.8. The van der Waals surface area contributed by atoms with Crippen LogP contribution in [0.4, 0.5) is 0 Å². The summed E-state index contributed by atoms with van der Waals surface area (Å²) >= 11 is 0. The van der Waals surface area contributed by atoms with Crippen LogP contribution >= 0.6 is 0 Å². The maximum atomic E-state index is 11.8. The summed E-state index contributed by atoms with van der Waals surface area (Å²) in [6.45, 7) is 4.16. The van der Waals surface area contributed by atoms with Crippen LogP contribution in [0.15, 0.2) is 60.7 Å². The van der Waals surface area contributed by atoms with Crippen molar-refractivity contribution < 1.29 is 49.7 Å². The van der Waals surface area contributed by atoms with E-state index in [-0.39, 0.29) is 51.6 Å². The number of hydrogen-bond donors (Lipinski definition) is 6. The molecule has 0 amide bonds. The number of aromatic nitrogens is 3. The zero-order chi connectivity index (χ0) is 37.3. The minimum atomic E-state index is -1.10. The first-order valence-electron chi connectivity index (χ1n) is 17.1. The van der Waals surface area contributed by atoms with Gasteiger partial charge in [0.15, 0.2) is 29.7 Å². The number of aliphatic hydroxyl groups is 1. The number of carbonyl (C=O) groups is 2. The Morgan fingerprint density at radius 3 is 1.51 bits per heavy atom. The average Bonchev–Trinajstić information content (AvgIpc) is 3.11. The Morgan fingerprint density at radius 2 is 1.04 bits per heavy atom. The quantitative estimate of drug-likeness (QED) is 0.0533. The molecule has 0 spiro atoms. The van der Waals surface area contributed by atoms with Gasteiger partial charge in [0.2, 0.25) is 0 Å². The van der Waals surface area contributed by atoms with Crippen LogP contribution in [0.5, 0.6) is 28.7 Å². The van der Waals surface area contributed by atoms with E-state index in [9.17, 15) is 35.1 Å². The van der Waals surface area contributed by atoms with Gasteiger partial charge in [-0.2, -0.15) is 0 Å². The van der Waals surface area contributed by atoms with Crippen molar-refractivity contribution in [3.05, 3.63) is 60.7 Å². The summed E-state index contributed by atoms with van der Waals surface area (Å²) in [4.78, 5) is 37.2. The Kier molecular flexibility index (Phi) is 15.9. The molecule has 0 aliphatic rings. The fourth-order valence-electron chi connectivity index (χ4n) is 5.22. The number of unbranched alkanes of at least 4 members (excludes halogenated alkanes) is 6. The number of ether oxygens (including phenoxy) is 2. The van der Waals surface area contributed by atoms with Crippen molar-refractivity contribution in [1.82, 2.24) is 15.0 Å². The monoisotopic (exact) mass is 705 g/mol. The molecular formula is C38H47N3O10. The molecule has 0 aliphatic carbocycles. The molecule has 4 rings (SSSR count). The summed E-state index contributed by atoms with van der Waals surface area (Å²) in [5.74, 6) is -2.06. The number of carboxylic acid groups (broad SMARTS) is 2. The lowest BCUT2D eigenvalue weighted by Gasteiger charge is -2.16. The molecule has 2 unspecified atom stereocenters. The first-order valence-corrected chi connectivity index (χ1v) is 17.1. The van der Waals surface area contributed by atoms with E-state index in [2.05, 4.69) is 28.8 Å². The second-order valence-electron chi connectivity index (χ2n) is 11.8. The van der Waals surface area contributed by atoms with Crippen molar-refractivity contribution >= 4 is 11.9 Å². The summed E-state index contributed by atoms with van der Waals surface area (Å²) < 4.78 is 11.5. The van der Waals surface area contributed by atoms with E-state index in [0.29, 0.717) is 30.6 Å². The molecule has 0 saturated heterocycles. The number of aliphatic carboxylic acids is 2. The van der Waals surface area contributed by atoms with Crippen molar-refractivity contribution in [3.8, 4) is 62.9 Å². The smallest absolute Gasteiger partial charge is 0.344 e. The lowest BCUT2D eigenvalue weighted by Crippen LogP contribution is -2.26. The third kappa shape index (κ3) is 11.8. The maximum Gasteiger partial charge on any atom is 0.344 e. The number of phenols is 3. The van der Waals surface area contributed by atoms with E-state index in [1.54, 1.807) is 24.3 Å². The zero-order valence-electron chi connectivity index (χ0n) is 29.2. The van der Waals surface area contributed by atoms with E-state index in [4.69, 9.17) is 14.6 Å². The predicted octanol–water partition coefficient (Wildman–Crippen LogP) is 7.20. The third-order valence-corrected chi connectivity index (χ3v) is 7.93. The van der Waals surface area contributed by atoms with Crippen LogP contribution in [0.2, 0.25) is 0 Å². The van der Waals surface area contributed by atoms with Gasteiger partial charge in [0.25, 0.3) is 0 Å². The molecule has 0 radical (unpaired) electrons. The Hall–Kier alpha value is -5.43. The first-order chi connectivity index (χ1) is 24.6. The highest BCUT2D eigenvalue weighted by Crippen LogP contribution is 2.36. The highest BCUT2D eigenvalue weighted by Gasteiger charge is 2.22. The average molecular weight is 706 g/mol. The Balaban J connectivity index is 0.00000345. The van der Waals surface area contributed by atoms with Crippen LogP contribution in [0.3, 0.4) is 0 Å². The summed E-state index contributed by atoms with van der Waals surface area (Å²) in [6.07, 6.45) is 6.00. The number of carboxylic acids is 2. The van der Waals surface area contributed by atoms with Crippen LogP contribution < -0.4 is 9.47 Å². The van der Waals surface area contributed by atoms with E-state index < -0.39 is 24.1 Å². The van der Waals surface area contributed by atoms with Gasteiger partial charge in [0.1, 0.15) is 28.7 Å². The number of phenolic OH excluding ortho intramolecular Hbond substituents is 3. The van der Waals surface area contributed by atoms with Gasteiger partial charge in [-0.1, -0.05) is 52.4 Å². The Bertz CT molecular complexity index is 1720. The molecule has 0 aliphatic heterocycles. The van der Waals surface area contributed by atoms with E-state index >= 15 is 0 Å². The van der Waals surface area contributed by atoms with Crippen molar-refractivity contribution in [2.75, 3.05) is 7.11 Å². The van der Waals surface area contributed by atoms with E-state index in [1.165, 1.54) is 30.3 Å². The fraction of sp³-hybridized carbons (Fsp3) is 0.395. The van der Waals surface area contributed by atoms with Gasteiger partial charge in [-0.05, 0) is 74.2 Å². The molecule has 274 valence electrons. The fourth-order valence-corrected chi connectivity index (χ4v) is 5.22. The molecular weight excluding hydrogens is 658 g/mol. The summed E-state index contributed by atoms with van der Waals surface area (Å²) in [6, 6.07) is 14.8. The Morgan fingerprint density at radius 1 is 0.588 bits per heavy atom. The molecule has 1 heterocycles. The lowest BCUT2D eigenvalue weighted by molar-refractivity contribution is -0.146. The second-order valence-corrected chi connectivity index (χ2v) is 11.8. The molecule has 51 heavy (non-hydrogen) atoms. The molecule has 1 aromatic heterocycles. The highest BCUT2D eigenvalue weighted by atomic mass is 16.5. The minimum Gasteiger partial charge on any atom is -0.508 e. The summed E-state index contributed by atoms with van der Waals surface area (Å²) in [5.41, 5.74) is 0.900. The van der Waals surface area contributed by atoms with Crippen LogP contribution in [0, 0.1) is 0 Å². The van der Waals surface area contributed by atoms with Crippen molar-refractivity contribution in [2.24, 2.45) is 0 Å². The number of benzene rings is 3. The van der Waals surface area contributed by atoms with E-state index in [0.717, 1.165) is 58.1 Å². The SMILES string of the molecule is CCCCCCC(Oc1ccc(-c2nc(-c3ccc(O)cc3O)nc(-c3ccc(OC(CCCCCC)C(=O)O)cc3O)n2)cc1)C(=O)O.CO. The van der Waals surface area contributed by atoms with Gasteiger partial charge < -0.3 is 40.1 Å². The molecule has 13 heteroatoms. The maximum absolute atomic E-state index is 11.8. The van der Waals surface area contributed by atoms with Crippen LogP contribution in [-0.2, 0) is 9.59 Å². The molecule has 0 fully saturated rings. The number of rotatable bonds is 19. The summed E-state index contributed by atoms with van der Waals surface area (Å²) in [7, 11) is 1.00. The third-order valence-electron chi connectivity index (χ3n) is 7.93. The predicted molar refractivity (Wildman–Crippen MR) is 191 cm³/mol. The molecule has 0 saturated carbocycles. The Labute approximate surface area is 297 Å². The molecule has 6 N–H and O–H groups in total. The molecule has 3 aromatic carbocycles. The van der Waals surface area contributed by atoms with Gasteiger partial charge in [-0.25, -0.2) is 24.5 Å². The topological polar surface area (TPSA) is 213 Å². The lowest BCUT2D eigenvalue weighted by atomic mass is 10.1.